The van der Waals surface area contributed by atoms with Gasteiger partial charge in [-0.2, -0.15) is 0 Å². The molecule has 0 fully saturated rings. The lowest BCUT2D eigenvalue weighted by atomic mass is 9.82. The average molecular weight is 677 g/mol. The maximum absolute atomic E-state index is 9.84. The van der Waals surface area contributed by atoms with E-state index in [1.54, 1.807) is 0 Å². The van der Waals surface area contributed by atoms with Gasteiger partial charge in [0.15, 0.2) is 0 Å². The Balaban J connectivity index is 1.50. The minimum atomic E-state index is -1.13. The predicted molar refractivity (Wildman–Crippen MR) is 218 cm³/mol. The number of hydrogen-bond acceptors (Lipinski definition) is 1. The maximum Gasteiger partial charge on any atom is 0.143 e. The Morgan fingerprint density at radius 3 is 1.43 bits per heavy atom. The molecular weight excluding hydrogens is 617 g/mol. The van der Waals surface area contributed by atoms with E-state index in [0.717, 1.165) is 0 Å². The summed E-state index contributed by atoms with van der Waals surface area (Å²) in [6.45, 7) is 0. The summed E-state index contributed by atoms with van der Waals surface area (Å²) in [7, 11) is 0. The van der Waals surface area contributed by atoms with Crippen molar-refractivity contribution in [3.05, 3.63) is 181 Å². The van der Waals surface area contributed by atoms with Gasteiger partial charge in [-0.1, -0.05) is 175 Å². The standard InChI is InChI=1S/C50H30O/c1-3-18-34-31(13-1)15-9-24-36(34)47-37-20-5-7-22-39(37)48(40-23-8-6-21-38(40)47)43-27-11-17-33-16-10-25-41(46(33)43)42-26-12-28-44-49-35-19-4-2-14-32(35)29-30-45(49)51-50(42)44/h1-30H/i1D,2D,3D,4D,5D,6D,7D,8D,9D,10D,11D,12D,13D,14D,15D,16D,17D,18D,19D,20D,21D,22D,23D,24D,25D,26D,27D,28D,29D,30D. The van der Waals surface area contributed by atoms with E-state index in [1.165, 1.54) is 0 Å². The summed E-state index contributed by atoms with van der Waals surface area (Å²) in [4.78, 5) is 0. The lowest BCUT2D eigenvalue weighted by Crippen LogP contribution is -1.93. The lowest BCUT2D eigenvalue weighted by Gasteiger charge is -2.20. The van der Waals surface area contributed by atoms with Crippen molar-refractivity contribution in [2.75, 3.05) is 0 Å². The number of para-hydroxylation sites is 1. The van der Waals surface area contributed by atoms with Crippen molar-refractivity contribution in [2.45, 2.75) is 0 Å². The first-order valence-electron chi connectivity index (χ1n) is 30.2. The summed E-state index contributed by atoms with van der Waals surface area (Å²) in [5.41, 5.74) is -6.28. The van der Waals surface area contributed by atoms with Gasteiger partial charge in [-0.05, 0) is 87.7 Å². The van der Waals surface area contributed by atoms with Crippen molar-refractivity contribution in [1.82, 2.24) is 0 Å². The highest BCUT2D eigenvalue weighted by Gasteiger charge is 2.22. The van der Waals surface area contributed by atoms with Crippen LogP contribution in [-0.2, 0) is 0 Å². The highest BCUT2D eigenvalue weighted by molar-refractivity contribution is 6.27. The van der Waals surface area contributed by atoms with E-state index in [2.05, 4.69) is 0 Å². The van der Waals surface area contributed by atoms with Crippen LogP contribution < -0.4 is 0 Å². The van der Waals surface area contributed by atoms with Gasteiger partial charge in [0, 0.05) is 16.3 Å². The molecular formula is C50H30O. The summed E-state index contributed by atoms with van der Waals surface area (Å²) in [6, 6.07) is -29.2. The molecule has 0 N–H and O–H groups in total. The Labute approximate surface area is 336 Å². The number of benzene rings is 10. The second kappa shape index (κ2) is 10.9. The quantitative estimate of drug-likeness (QED) is 0.170. The number of fused-ring (bicyclic) bond motifs is 9. The summed E-state index contributed by atoms with van der Waals surface area (Å²) < 4.78 is 281. The summed E-state index contributed by atoms with van der Waals surface area (Å²) in [5.74, 6) is 0. The molecule has 0 saturated carbocycles. The van der Waals surface area contributed by atoms with Crippen molar-refractivity contribution >= 4 is 75.8 Å². The average Bonchev–Trinajstić information content (AvgIpc) is 1.83. The smallest absolute Gasteiger partial charge is 0.143 e. The van der Waals surface area contributed by atoms with Gasteiger partial charge in [-0.15, -0.1) is 0 Å². The van der Waals surface area contributed by atoms with Crippen molar-refractivity contribution in [3.63, 3.8) is 0 Å². The Bertz CT molecular complexity index is 4830. The highest BCUT2D eigenvalue weighted by atomic mass is 16.3. The minimum absolute atomic E-state index is 0.442. The molecule has 1 nitrogen and oxygen atoms in total. The van der Waals surface area contributed by atoms with E-state index in [-0.39, 0.29) is 0 Å². The first-order valence-corrected chi connectivity index (χ1v) is 15.2. The van der Waals surface area contributed by atoms with E-state index >= 15 is 0 Å². The van der Waals surface area contributed by atoms with Crippen LogP contribution in [0, 0.1) is 0 Å². The van der Waals surface area contributed by atoms with E-state index in [1.807, 2.05) is 0 Å². The molecule has 0 saturated heterocycles. The van der Waals surface area contributed by atoms with Crippen LogP contribution in [-0.4, -0.2) is 0 Å². The maximum atomic E-state index is 9.84. The molecule has 0 unspecified atom stereocenters. The molecule has 0 bridgehead atoms. The molecule has 0 spiro atoms. The molecule has 10 aromatic carbocycles. The van der Waals surface area contributed by atoms with Crippen LogP contribution in [0.4, 0.5) is 0 Å². The first-order chi connectivity index (χ1) is 37.8. The largest absolute Gasteiger partial charge is 0.455 e. The van der Waals surface area contributed by atoms with E-state index < -0.39 is 290 Å². The van der Waals surface area contributed by atoms with Gasteiger partial charge in [-0.3, -0.25) is 0 Å². The molecule has 1 aromatic heterocycles. The third-order valence-corrected chi connectivity index (χ3v) is 8.69. The molecule has 0 amide bonds. The lowest BCUT2D eigenvalue weighted by molar-refractivity contribution is 0.670. The second-order valence-electron chi connectivity index (χ2n) is 11.3. The van der Waals surface area contributed by atoms with Gasteiger partial charge in [0.25, 0.3) is 0 Å². The molecule has 0 aliphatic carbocycles. The molecule has 0 atom stereocenters. The van der Waals surface area contributed by atoms with Gasteiger partial charge in [0.05, 0.1) is 41.1 Å². The summed E-state index contributed by atoms with van der Waals surface area (Å²) in [5, 5.41) is -8.24. The second-order valence-corrected chi connectivity index (χ2v) is 11.3. The number of hydrogen-bond donors (Lipinski definition) is 0. The van der Waals surface area contributed by atoms with Crippen molar-refractivity contribution in [3.8, 4) is 33.4 Å². The van der Waals surface area contributed by atoms with E-state index in [0.29, 0.717) is 0 Å². The van der Waals surface area contributed by atoms with Gasteiger partial charge >= 0.3 is 0 Å². The van der Waals surface area contributed by atoms with Gasteiger partial charge < -0.3 is 4.42 Å². The fourth-order valence-electron chi connectivity index (χ4n) is 6.62. The van der Waals surface area contributed by atoms with Crippen LogP contribution >= 0.6 is 0 Å². The van der Waals surface area contributed by atoms with Gasteiger partial charge in [0.2, 0.25) is 0 Å². The molecule has 11 rings (SSSR count). The highest BCUT2D eigenvalue weighted by Crippen LogP contribution is 2.49. The fraction of sp³-hybridized carbons (Fsp3) is 0. The van der Waals surface area contributed by atoms with Crippen LogP contribution in [0.25, 0.3) is 109 Å². The predicted octanol–water partition coefficient (Wildman–Crippen LogP) is 14.4. The summed E-state index contributed by atoms with van der Waals surface area (Å²) >= 11 is 0. The first kappa shape index (κ1) is 11.7. The zero-order chi connectivity index (χ0) is 59.6. The van der Waals surface area contributed by atoms with Crippen LogP contribution in [0.1, 0.15) is 41.1 Å². The Hall–Kier alpha value is -6.70. The van der Waals surface area contributed by atoms with Crippen molar-refractivity contribution in [2.24, 2.45) is 0 Å². The minimum Gasteiger partial charge on any atom is -0.455 e. The van der Waals surface area contributed by atoms with Crippen molar-refractivity contribution in [1.29, 1.82) is 0 Å². The van der Waals surface area contributed by atoms with Crippen LogP contribution in [0.15, 0.2) is 186 Å². The SMILES string of the molecule is [2H]c1c([2H])c([2H])c2c(oc3c([2H])c([2H])c4c([2H])c([2H])c([2H])c([2H])c4c32)c1-c1c([2H])c([2H])c([2H])c2c([2H])c([2H])c([2H])c(-c3c4c([2H])c([2H])c([2H])c([2H])c4c(-c4c([2H])c([2H])c([2H])c5c([2H])c([2H])c([2H])c([2H])c45)c4c([2H])c([2H])c([2H])c([2H])c34)c12. The monoisotopic (exact) mass is 676 g/mol. The Morgan fingerprint density at radius 2 is 0.745 bits per heavy atom. The van der Waals surface area contributed by atoms with Crippen molar-refractivity contribution < 1.29 is 45.5 Å². The third kappa shape index (κ3) is 4.09. The molecule has 1 heterocycles. The van der Waals surface area contributed by atoms with Crippen LogP contribution in [0.5, 0.6) is 0 Å². The van der Waals surface area contributed by atoms with Gasteiger partial charge in [0.1, 0.15) is 11.2 Å². The zero-order valence-corrected chi connectivity index (χ0v) is 25.4. The molecule has 11 aromatic rings. The molecule has 0 radical (unpaired) electrons. The molecule has 51 heavy (non-hydrogen) atoms. The van der Waals surface area contributed by atoms with Crippen LogP contribution in [0.2, 0.25) is 0 Å². The topological polar surface area (TPSA) is 13.1 Å². The number of furan rings is 1. The Morgan fingerprint density at radius 1 is 0.294 bits per heavy atom. The molecule has 236 valence electrons. The van der Waals surface area contributed by atoms with E-state index in [9.17, 15) is 19.2 Å². The zero-order valence-electron chi connectivity index (χ0n) is 55.4. The molecule has 1 heteroatoms. The Kier molecular flexibility index (Phi) is 2.50. The fourth-order valence-corrected chi connectivity index (χ4v) is 6.62. The summed E-state index contributed by atoms with van der Waals surface area (Å²) in [6.07, 6.45) is 0. The van der Waals surface area contributed by atoms with Crippen LogP contribution in [0.3, 0.4) is 0 Å². The molecule has 0 aliphatic rings. The van der Waals surface area contributed by atoms with Gasteiger partial charge in [-0.25, -0.2) is 0 Å². The van der Waals surface area contributed by atoms with E-state index in [4.69, 9.17) is 26.3 Å². The molecule has 0 aliphatic heterocycles. The normalized spacial score (nSPS) is 20.2. The number of rotatable bonds is 3. The third-order valence-electron chi connectivity index (χ3n) is 8.69.